The highest BCUT2D eigenvalue weighted by Crippen LogP contribution is 2.12. The molecule has 0 fully saturated rings. The third-order valence-corrected chi connectivity index (χ3v) is 3.60. The molecule has 1 aromatic rings. The van der Waals surface area contributed by atoms with Crippen molar-refractivity contribution < 1.29 is 28.5 Å². The van der Waals surface area contributed by atoms with Crippen molar-refractivity contribution in [2.45, 2.75) is 25.7 Å². The van der Waals surface area contributed by atoms with E-state index in [2.05, 4.69) is 19.7 Å². The van der Waals surface area contributed by atoms with Gasteiger partial charge in [0.25, 0.3) is 0 Å². The predicted octanol–water partition coefficient (Wildman–Crippen LogP) is 5.32. The van der Waals surface area contributed by atoms with Crippen molar-refractivity contribution in [1.82, 2.24) is 0 Å². The van der Waals surface area contributed by atoms with Gasteiger partial charge in [-0.05, 0) is 61.8 Å². The van der Waals surface area contributed by atoms with Crippen LogP contribution in [0, 0.1) is 0 Å². The molecule has 0 aromatic heterocycles. The van der Waals surface area contributed by atoms with Crippen LogP contribution in [0.3, 0.4) is 0 Å². The van der Waals surface area contributed by atoms with E-state index < -0.39 is 0 Å². The van der Waals surface area contributed by atoms with Gasteiger partial charge < -0.3 is 18.9 Å². The summed E-state index contributed by atoms with van der Waals surface area (Å²) in [6.07, 6.45) is 10.6. The largest absolute Gasteiger partial charge is 0.497 e. The van der Waals surface area contributed by atoms with Gasteiger partial charge in [0.15, 0.2) is 0 Å². The maximum atomic E-state index is 10.5. The van der Waals surface area contributed by atoms with Gasteiger partial charge in [0, 0.05) is 19.3 Å². The smallest absolute Gasteiger partial charge is 0.150 e. The molecule has 0 aliphatic rings. The van der Waals surface area contributed by atoms with Gasteiger partial charge in [-0.25, -0.2) is 0 Å². The lowest BCUT2D eigenvalue weighted by molar-refractivity contribution is -0.104. The number of ether oxygens (including phenoxy) is 4. The van der Waals surface area contributed by atoms with Crippen LogP contribution in [0.25, 0.3) is 0 Å². The molecule has 31 heavy (non-hydrogen) atoms. The Labute approximate surface area is 186 Å². The summed E-state index contributed by atoms with van der Waals surface area (Å²) in [6, 6.07) is 7.19. The minimum atomic E-state index is 0.582. The minimum absolute atomic E-state index is 0.582. The number of rotatable bonds is 14. The summed E-state index contributed by atoms with van der Waals surface area (Å²) < 4.78 is 20.1. The van der Waals surface area contributed by atoms with Crippen LogP contribution in [-0.4, -0.2) is 47.1 Å². The first kappa shape index (κ1) is 30.1. The van der Waals surface area contributed by atoms with Gasteiger partial charge in [-0.3, -0.25) is 9.59 Å². The molecule has 0 N–H and O–H groups in total. The number of hydrogen-bond donors (Lipinski definition) is 0. The first-order valence-electron chi connectivity index (χ1n) is 9.86. The van der Waals surface area contributed by atoms with Crippen LogP contribution < -0.4 is 4.74 Å². The Kier molecular flexibility index (Phi) is 22.5. The number of carbonyl (C=O) groups is 2. The second-order valence-electron chi connectivity index (χ2n) is 5.99. The molecule has 6 nitrogen and oxygen atoms in total. The first-order valence-corrected chi connectivity index (χ1v) is 9.86. The Morgan fingerprint density at radius 2 is 1.32 bits per heavy atom. The van der Waals surface area contributed by atoms with Crippen molar-refractivity contribution in [1.29, 1.82) is 0 Å². The van der Waals surface area contributed by atoms with Gasteiger partial charge in [-0.1, -0.05) is 26.2 Å². The van der Waals surface area contributed by atoms with E-state index in [1.54, 1.807) is 45.6 Å². The van der Waals surface area contributed by atoms with Crippen LogP contribution in [0.15, 0.2) is 73.7 Å². The molecule has 0 aliphatic heterocycles. The highest BCUT2D eigenvalue weighted by Gasteiger charge is 1.95. The Balaban J connectivity index is 0. The zero-order valence-electron chi connectivity index (χ0n) is 19.0. The van der Waals surface area contributed by atoms with Crippen molar-refractivity contribution in [2.75, 3.05) is 34.5 Å². The van der Waals surface area contributed by atoms with E-state index in [9.17, 15) is 4.79 Å². The number of carbonyl (C=O) groups excluding carboxylic acids is 2. The normalized spacial score (nSPS) is 9.26. The van der Waals surface area contributed by atoms with Crippen LogP contribution in [0.5, 0.6) is 5.75 Å². The third kappa shape index (κ3) is 21.4. The van der Waals surface area contributed by atoms with Gasteiger partial charge in [0.05, 0.1) is 20.8 Å². The molecule has 172 valence electrons. The molecule has 0 atom stereocenters. The summed E-state index contributed by atoms with van der Waals surface area (Å²) >= 11 is 0. The first-order chi connectivity index (χ1) is 15.0. The summed E-state index contributed by atoms with van der Waals surface area (Å²) in [5, 5.41) is 0. The number of methoxy groups -OCH3 is 3. The zero-order chi connectivity index (χ0) is 23.7. The van der Waals surface area contributed by atoms with E-state index in [4.69, 9.17) is 23.7 Å². The van der Waals surface area contributed by atoms with Crippen molar-refractivity contribution in [3.63, 3.8) is 0 Å². The van der Waals surface area contributed by atoms with Crippen molar-refractivity contribution in [3.05, 3.63) is 79.3 Å². The van der Waals surface area contributed by atoms with Crippen LogP contribution in [0.2, 0.25) is 0 Å². The molecule has 0 saturated carbocycles. The molecule has 0 radical (unpaired) electrons. The monoisotopic (exact) mass is 432 g/mol. The molecule has 0 aliphatic carbocycles. The number of benzene rings is 1. The predicted molar refractivity (Wildman–Crippen MR) is 125 cm³/mol. The molecule has 6 heteroatoms. The fraction of sp³-hybridized carbons (Fsp3) is 0.360. The molecule has 1 rings (SSSR count). The van der Waals surface area contributed by atoms with E-state index in [1.807, 2.05) is 12.1 Å². The van der Waals surface area contributed by atoms with E-state index >= 15 is 0 Å². The second-order valence-corrected chi connectivity index (χ2v) is 5.99. The molecule has 0 unspecified atom stereocenters. The van der Waals surface area contributed by atoms with Crippen molar-refractivity contribution in [2.24, 2.45) is 0 Å². The number of aldehydes is 2. The van der Waals surface area contributed by atoms with Gasteiger partial charge in [-0.2, -0.15) is 0 Å². The molecular weight excluding hydrogens is 396 g/mol. The molecule has 1 aromatic carbocycles. The van der Waals surface area contributed by atoms with E-state index in [0.29, 0.717) is 23.4 Å². The lowest BCUT2D eigenvalue weighted by atomic mass is 10.2. The number of unbranched alkanes of at least 4 members (excludes halogenated alkanes) is 3. The Morgan fingerprint density at radius 3 is 1.71 bits per heavy atom. The van der Waals surface area contributed by atoms with Crippen molar-refractivity contribution >= 4 is 12.6 Å². The lowest BCUT2D eigenvalue weighted by Crippen LogP contribution is -1.98. The standard InChI is InChI=1S/C14H20O3.C8H12O2.C3H4O/c1-16-10-4-2-3-5-11-17-14-8-6-13(12-15)7-9-14;1-7(9-3)5-6-8(2)10-4;1-2-3-4/h6-9,12H,2-5,10-11H2,1H3;5-6H,1-2H2,3-4H3;2-3H,1H2/b;6-5-;. The van der Waals surface area contributed by atoms with Crippen LogP contribution in [0.1, 0.15) is 36.0 Å². The third-order valence-electron chi connectivity index (χ3n) is 3.60. The summed E-state index contributed by atoms with van der Waals surface area (Å²) in [5.74, 6) is 1.99. The highest BCUT2D eigenvalue weighted by molar-refractivity contribution is 5.74. The zero-order valence-corrected chi connectivity index (χ0v) is 19.0. The molecular formula is C25H36O6. The maximum Gasteiger partial charge on any atom is 0.150 e. The van der Waals surface area contributed by atoms with E-state index in [1.165, 1.54) is 12.5 Å². The Morgan fingerprint density at radius 1 is 0.839 bits per heavy atom. The molecule has 0 spiro atoms. The SMILES string of the molecule is C=C(/C=C\C(=C)OC)OC.C=CC=O.COCCCCCCOc1ccc(C=O)cc1. The Bertz CT molecular complexity index is 622. The van der Waals surface area contributed by atoms with Gasteiger partial charge >= 0.3 is 0 Å². The van der Waals surface area contributed by atoms with E-state index in [-0.39, 0.29) is 0 Å². The lowest BCUT2D eigenvalue weighted by Gasteiger charge is -2.06. The van der Waals surface area contributed by atoms with Crippen LogP contribution in [0.4, 0.5) is 0 Å². The topological polar surface area (TPSA) is 71.1 Å². The van der Waals surface area contributed by atoms with Crippen molar-refractivity contribution in [3.8, 4) is 5.75 Å². The van der Waals surface area contributed by atoms with Crippen LogP contribution >= 0.6 is 0 Å². The fourth-order valence-corrected chi connectivity index (χ4v) is 1.86. The molecule has 0 amide bonds. The van der Waals surface area contributed by atoms with Gasteiger partial charge in [0.1, 0.15) is 29.8 Å². The van der Waals surface area contributed by atoms with Gasteiger partial charge in [0.2, 0.25) is 0 Å². The highest BCUT2D eigenvalue weighted by atomic mass is 16.5. The average molecular weight is 433 g/mol. The maximum absolute atomic E-state index is 10.5. The summed E-state index contributed by atoms with van der Waals surface area (Å²) in [7, 11) is 4.84. The fourth-order valence-electron chi connectivity index (χ4n) is 1.86. The van der Waals surface area contributed by atoms with Crippen LogP contribution in [-0.2, 0) is 19.0 Å². The average Bonchev–Trinajstić information content (AvgIpc) is 2.82. The minimum Gasteiger partial charge on any atom is -0.497 e. The summed E-state index contributed by atoms with van der Waals surface area (Å²) in [6.45, 7) is 11.8. The number of hydrogen-bond acceptors (Lipinski definition) is 6. The molecule has 0 bridgehead atoms. The number of allylic oxidation sites excluding steroid dienone is 3. The second kappa shape index (κ2) is 23.2. The summed E-state index contributed by atoms with van der Waals surface area (Å²) in [5.41, 5.74) is 0.678. The Hall–Kier alpha value is -3.12. The molecule has 0 heterocycles. The summed E-state index contributed by atoms with van der Waals surface area (Å²) in [4.78, 5) is 19.5. The quantitative estimate of drug-likeness (QED) is 0.130. The van der Waals surface area contributed by atoms with Gasteiger partial charge in [-0.15, -0.1) is 0 Å². The molecule has 0 saturated heterocycles. The van der Waals surface area contributed by atoms with E-state index in [0.717, 1.165) is 44.5 Å².